The van der Waals surface area contributed by atoms with Crippen LogP contribution < -0.4 is 5.32 Å². The molecule has 1 aromatic carbocycles. The van der Waals surface area contributed by atoms with E-state index in [1.54, 1.807) is 13.8 Å². The van der Waals surface area contributed by atoms with Gasteiger partial charge < -0.3 is 4.74 Å². The van der Waals surface area contributed by atoms with Crippen molar-refractivity contribution in [2.45, 2.75) is 39.3 Å². The Balaban J connectivity index is 3.25. The fourth-order valence-electron chi connectivity index (χ4n) is 1.96. The first kappa shape index (κ1) is 15.6. The normalized spacial score (nSPS) is 14.3. The zero-order valence-electron chi connectivity index (χ0n) is 11.6. The van der Waals surface area contributed by atoms with Gasteiger partial charge in [0.2, 0.25) is 0 Å². The van der Waals surface area contributed by atoms with E-state index in [1.165, 1.54) is 0 Å². The first-order valence-electron chi connectivity index (χ1n) is 6.21. The Bertz CT molecular complexity index is 443. The van der Waals surface area contributed by atoms with E-state index in [4.69, 9.17) is 4.74 Å². The van der Waals surface area contributed by atoms with Crippen molar-refractivity contribution in [3.05, 3.63) is 35.4 Å². The molecule has 1 unspecified atom stereocenters. The number of benzene rings is 1. The Morgan fingerprint density at radius 3 is 2.26 bits per heavy atom. The Hall–Kier alpha value is -1.49. The van der Waals surface area contributed by atoms with Crippen molar-refractivity contribution in [3.8, 4) is 0 Å². The molecule has 0 saturated carbocycles. The van der Waals surface area contributed by atoms with Gasteiger partial charge in [-0.05, 0) is 45.4 Å². The number of hydrogen-bond acceptors (Lipinski definition) is 3. The summed E-state index contributed by atoms with van der Waals surface area (Å²) in [6, 6.07) is 2.98. The smallest absolute Gasteiger partial charge is 0.330 e. The molecule has 1 atom stereocenters. The number of ether oxygens (including phenoxy) is 1. The molecule has 5 heteroatoms. The molecule has 0 fully saturated rings. The van der Waals surface area contributed by atoms with Crippen LogP contribution in [0.4, 0.5) is 8.78 Å². The van der Waals surface area contributed by atoms with E-state index in [9.17, 15) is 13.6 Å². The highest BCUT2D eigenvalue weighted by Gasteiger charge is 2.37. The Morgan fingerprint density at radius 1 is 1.32 bits per heavy atom. The molecular weight excluding hydrogens is 252 g/mol. The van der Waals surface area contributed by atoms with Crippen molar-refractivity contribution in [3.63, 3.8) is 0 Å². The number of hydrogen-bond donors (Lipinski definition) is 1. The first-order chi connectivity index (χ1) is 8.79. The van der Waals surface area contributed by atoms with E-state index >= 15 is 0 Å². The van der Waals surface area contributed by atoms with Gasteiger partial charge in [0.1, 0.15) is 17.2 Å². The van der Waals surface area contributed by atoms with Crippen molar-refractivity contribution in [1.82, 2.24) is 5.32 Å². The fourth-order valence-corrected chi connectivity index (χ4v) is 1.96. The summed E-state index contributed by atoms with van der Waals surface area (Å²) in [5.41, 5.74) is -1.08. The highest BCUT2D eigenvalue weighted by Crippen LogP contribution is 2.25. The molecule has 0 aromatic heterocycles. The number of rotatable bonds is 5. The summed E-state index contributed by atoms with van der Waals surface area (Å²) in [5.74, 6) is -2.01. The summed E-state index contributed by atoms with van der Waals surface area (Å²) in [5, 5.41) is 3.00. The van der Waals surface area contributed by atoms with Crippen LogP contribution in [0.5, 0.6) is 0 Å². The van der Waals surface area contributed by atoms with Crippen LogP contribution in [-0.4, -0.2) is 18.6 Å². The molecule has 0 amide bonds. The van der Waals surface area contributed by atoms with Crippen molar-refractivity contribution in [2.75, 3.05) is 6.61 Å². The number of nitrogens with one attached hydrogen (secondary N) is 1. The molecule has 19 heavy (non-hydrogen) atoms. The second-order valence-electron chi connectivity index (χ2n) is 4.80. The zero-order valence-corrected chi connectivity index (χ0v) is 11.6. The third-order valence-corrected chi connectivity index (χ3v) is 2.70. The molecule has 0 aliphatic rings. The number of carbonyl (C=O) groups excluding carboxylic acids is 1. The van der Waals surface area contributed by atoms with Crippen LogP contribution in [0, 0.1) is 11.6 Å². The Kier molecular flexibility index (Phi) is 5.00. The molecule has 1 aromatic rings. The highest BCUT2D eigenvalue weighted by molar-refractivity contribution is 5.82. The van der Waals surface area contributed by atoms with Crippen LogP contribution in [-0.2, 0) is 15.1 Å². The average molecular weight is 271 g/mol. The predicted molar refractivity (Wildman–Crippen MR) is 68.6 cm³/mol. The standard InChI is InChI=1S/C14H19F2NO2/c1-5-19-13(18)14(4,17-9(2)3)10-6-11(15)8-12(16)7-10/h6-9,17H,5H2,1-4H3. The van der Waals surface area contributed by atoms with Crippen LogP contribution in [0.25, 0.3) is 0 Å². The van der Waals surface area contributed by atoms with E-state index in [0.29, 0.717) is 0 Å². The maximum atomic E-state index is 13.3. The molecule has 3 nitrogen and oxygen atoms in total. The van der Waals surface area contributed by atoms with Crippen molar-refractivity contribution in [1.29, 1.82) is 0 Å². The monoisotopic (exact) mass is 271 g/mol. The second kappa shape index (κ2) is 6.10. The first-order valence-corrected chi connectivity index (χ1v) is 6.21. The highest BCUT2D eigenvalue weighted by atomic mass is 19.1. The lowest BCUT2D eigenvalue weighted by Crippen LogP contribution is -2.50. The molecule has 0 bridgehead atoms. The number of halogens is 2. The third kappa shape index (κ3) is 3.73. The predicted octanol–water partition coefficient (Wildman–Crippen LogP) is 2.74. The van der Waals surface area contributed by atoms with E-state index in [0.717, 1.165) is 18.2 Å². The molecule has 106 valence electrons. The second-order valence-corrected chi connectivity index (χ2v) is 4.80. The number of carbonyl (C=O) groups is 1. The average Bonchev–Trinajstić information content (AvgIpc) is 2.26. The molecule has 1 N–H and O–H groups in total. The van der Waals surface area contributed by atoms with Gasteiger partial charge >= 0.3 is 5.97 Å². The van der Waals surface area contributed by atoms with Crippen molar-refractivity contribution < 1.29 is 18.3 Å². The minimum Gasteiger partial charge on any atom is -0.464 e. The van der Waals surface area contributed by atoms with E-state index in [1.807, 2.05) is 13.8 Å². The van der Waals surface area contributed by atoms with Gasteiger partial charge in [0.05, 0.1) is 6.61 Å². The van der Waals surface area contributed by atoms with Crippen LogP contribution >= 0.6 is 0 Å². The van der Waals surface area contributed by atoms with Gasteiger partial charge in [-0.25, -0.2) is 13.6 Å². The molecule has 0 aliphatic carbocycles. The summed E-state index contributed by atoms with van der Waals surface area (Å²) in [6.45, 7) is 7.12. The fraction of sp³-hybridized carbons (Fsp3) is 0.500. The minimum atomic E-state index is -1.28. The molecular formula is C14H19F2NO2. The number of esters is 1. The SMILES string of the molecule is CCOC(=O)C(C)(NC(C)C)c1cc(F)cc(F)c1. The lowest BCUT2D eigenvalue weighted by molar-refractivity contribution is -0.151. The molecule has 0 spiro atoms. The van der Waals surface area contributed by atoms with Gasteiger partial charge in [0.15, 0.2) is 0 Å². The van der Waals surface area contributed by atoms with E-state index < -0.39 is 23.1 Å². The van der Waals surface area contributed by atoms with Gasteiger partial charge in [-0.2, -0.15) is 0 Å². The topological polar surface area (TPSA) is 38.3 Å². The zero-order chi connectivity index (χ0) is 14.6. The van der Waals surface area contributed by atoms with Crippen molar-refractivity contribution in [2.24, 2.45) is 0 Å². The molecule has 1 rings (SSSR count). The summed E-state index contributed by atoms with van der Waals surface area (Å²) in [4.78, 5) is 12.1. The maximum Gasteiger partial charge on any atom is 0.330 e. The van der Waals surface area contributed by atoms with E-state index in [2.05, 4.69) is 5.32 Å². The lowest BCUT2D eigenvalue weighted by atomic mass is 9.91. The van der Waals surface area contributed by atoms with Gasteiger partial charge in [0.25, 0.3) is 0 Å². The van der Waals surface area contributed by atoms with Gasteiger partial charge in [-0.3, -0.25) is 5.32 Å². The lowest BCUT2D eigenvalue weighted by Gasteiger charge is -2.31. The molecule has 0 heterocycles. The van der Waals surface area contributed by atoms with Crippen LogP contribution in [0.3, 0.4) is 0 Å². The minimum absolute atomic E-state index is 0.0549. The van der Waals surface area contributed by atoms with Crippen molar-refractivity contribution >= 4 is 5.97 Å². The van der Waals surface area contributed by atoms with Gasteiger partial charge in [-0.1, -0.05) is 0 Å². The van der Waals surface area contributed by atoms with Gasteiger partial charge in [-0.15, -0.1) is 0 Å². The molecule has 0 radical (unpaired) electrons. The Labute approximate surface area is 112 Å². The summed E-state index contributed by atoms with van der Waals surface area (Å²) >= 11 is 0. The summed E-state index contributed by atoms with van der Waals surface area (Å²) < 4.78 is 31.6. The third-order valence-electron chi connectivity index (χ3n) is 2.70. The summed E-state index contributed by atoms with van der Waals surface area (Å²) in [7, 11) is 0. The molecule has 0 aliphatic heterocycles. The van der Waals surface area contributed by atoms with Crippen LogP contribution in [0.1, 0.15) is 33.3 Å². The quantitative estimate of drug-likeness (QED) is 0.837. The Morgan fingerprint density at radius 2 is 1.84 bits per heavy atom. The largest absolute Gasteiger partial charge is 0.464 e. The maximum absolute atomic E-state index is 13.3. The van der Waals surface area contributed by atoms with Crippen LogP contribution in [0.15, 0.2) is 18.2 Å². The summed E-state index contributed by atoms with van der Waals surface area (Å²) in [6.07, 6.45) is 0. The van der Waals surface area contributed by atoms with Crippen LogP contribution in [0.2, 0.25) is 0 Å². The molecule has 0 saturated heterocycles. The van der Waals surface area contributed by atoms with Gasteiger partial charge in [0, 0.05) is 12.1 Å². The van der Waals surface area contributed by atoms with E-state index in [-0.39, 0.29) is 18.2 Å².